The Balaban J connectivity index is 2.03. The highest BCUT2D eigenvalue weighted by Crippen LogP contribution is 2.31. The maximum Gasteiger partial charge on any atom is 0.275 e. The van der Waals surface area contributed by atoms with Crippen LogP contribution in [0.15, 0.2) is 18.2 Å². The Labute approximate surface area is 148 Å². The van der Waals surface area contributed by atoms with Crippen molar-refractivity contribution in [3.63, 3.8) is 0 Å². The predicted octanol–water partition coefficient (Wildman–Crippen LogP) is -0.372. The van der Waals surface area contributed by atoms with Crippen molar-refractivity contribution >= 4 is 11.8 Å². The van der Waals surface area contributed by atoms with Crippen molar-refractivity contribution < 1.29 is 24.0 Å². The summed E-state index contributed by atoms with van der Waals surface area (Å²) in [4.78, 5) is 26.5. The van der Waals surface area contributed by atoms with E-state index in [-0.39, 0.29) is 24.4 Å². The van der Waals surface area contributed by atoms with Gasteiger partial charge in [0, 0.05) is 33.0 Å². The number of likely N-dealkylation sites (N-methyl/N-ethyl adjacent to an activating group) is 1. The van der Waals surface area contributed by atoms with Gasteiger partial charge >= 0.3 is 0 Å². The average molecular weight is 350 g/mol. The number of methoxy groups -OCH3 is 2. The summed E-state index contributed by atoms with van der Waals surface area (Å²) in [5.74, 6) is 1.31. The lowest BCUT2D eigenvalue weighted by Crippen LogP contribution is -3.11. The molecule has 7 nitrogen and oxygen atoms in total. The van der Waals surface area contributed by atoms with Crippen molar-refractivity contribution in [2.45, 2.75) is 18.9 Å². The lowest BCUT2D eigenvalue weighted by atomic mass is 10.0. The minimum Gasteiger partial charge on any atom is -0.497 e. The molecule has 1 aromatic rings. The molecule has 0 spiro atoms. The van der Waals surface area contributed by atoms with Crippen molar-refractivity contribution in [3.8, 4) is 11.5 Å². The van der Waals surface area contributed by atoms with E-state index in [1.807, 2.05) is 18.2 Å². The minimum atomic E-state index is -0.113. The molecule has 1 aliphatic rings. The smallest absolute Gasteiger partial charge is 0.275 e. The predicted molar refractivity (Wildman–Crippen MR) is 93.9 cm³/mol. The molecule has 0 aromatic heterocycles. The van der Waals surface area contributed by atoms with Gasteiger partial charge in [0.05, 0.1) is 32.9 Å². The average Bonchev–Trinajstić information content (AvgIpc) is 3.06. The van der Waals surface area contributed by atoms with Crippen LogP contribution in [0.4, 0.5) is 0 Å². The van der Waals surface area contributed by atoms with Crippen molar-refractivity contribution in [1.82, 2.24) is 10.2 Å². The van der Waals surface area contributed by atoms with Crippen LogP contribution in [0.2, 0.25) is 0 Å². The van der Waals surface area contributed by atoms with E-state index in [1.165, 1.54) is 9.80 Å². The van der Waals surface area contributed by atoms with E-state index in [9.17, 15) is 9.59 Å². The summed E-state index contributed by atoms with van der Waals surface area (Å²) < 4.78 is 10.8. The molecule has 0 aliphatic carbocycles. The van der Waals surface area contributed by atoms with Crippen molar-refractivity contribution in [2.24, 2.45) is 0 Å². The fraction of sp³-hybridized carbons (Fsp3) is 0.556. The van der Waals surface area contributed by atoms with Crippen LogP contribution >= 0.6 is 0 Å². The summed E-state index contributed by atoms with van der Waals surface area (Å²) in [7, 11) is 6.62. The Morgan fingerprint density at radius 3 is 2.68 bits per heavy atom. The molecule has 1 heterocycles. The molecular weight excluding hydrogens is 322 g/mol. The molecule has 138 valence electrons. The number of hydrogen-bond acceptors (Lipinski definition) is 4. The van der Waals surface area contributed by atoms with Crippen LogP contribution in [-0.4, -0.2) is 64.7 Å². The van der Waals surface area contributed by atoms with Crippen molar-refractivity contribution in [2.75, 3.05) is 47.9 Å². The number of quaternary nitrogens is 1. The van der Waals surface area contributed by atoms with Gasteiger partial charge in [-0.1, -0.05) is 0 Å². The van der Waals surface area contributed by atoms with Crippen molar-refractivity contribution in [1.29, 1.82) is 0 Å². The van der Waals surface area contributed by atoms with Crippen LogP contribution in [0, 0.1) is 0 Å². The second kappa shape index (κ2) is 8.71. The topological polar surface area (TPSA) is 72.3 Å². The van der Waals surface area contributed by atoms with E-state index in [2.05, 4.69) is 5.32 Å². The molecule has 0 bridgehead atoms. The molecule has 7 heteroatoms. The highest BCUT2D eigenvalue weighted by molar-refractivity contribution is 5.84. The number of ether oxygens (including phenoxy) is 2. The summed E-state index contributed by atoms with van der Waals surface area (Å²) in [6, 6.07) is 6.02. The summed E-state index contributed by atoms with van der Waals surface area (Å²) in [5, 5.41) is 2.71. The summed E-state index contributed by atoms with van der Waals surface area (Å²) in [6.45, 7) is 1.31. The molecule has 2 N–H and O–H groups in total. The van der Waals surface area contributed by atoms with Crippen LogP contribution in [0.25, 0.3) is 0 Å². The van der Waals surface area contributed by atoms with Gasteiger partial charge in [-0.2, -0.15) is 0 Å². The van der Waals surface area contributed by atoms with Gasteiger partial charge in [-0.15, -0.1) is 0 Å². The SMILES string of the molecule is COc1ccc([C@@H]2CCC[NH+]2CC(=O)NCC(=O)N(C)C)c(OC)c1. The number of nitrogens with zero attached hydrogens (tertiary/aromatic N) is 1. The first-order chi connectivity index (χ1) is 12.0. The largest absolute Gasteiger partial charge is 0.497 e. The summed E-state index contributed by atoms with van der Waals surface area (Å²) >= 11 is 0. The molecule has 1 aliphatic heterocycles. The first-order valence-electron chi connectivity index (χ1n) is 8.49. The molecule has 0 radical (unpaired) electrons. The number of amides is 2. The molecule has 1 saturated heterocycles. The summed E-state index contributed by atoms with van der Waals surface area (Å²) in [5.41, 5.74) is 1.09. The van der Waals surface area contributed by atoms with Gasteiger partial charge in [0.1, 0.15) is 17.5 Å². The number of carbonyl (C=O) groups excluding carboxylic acids is 2. The van der Waals surface area contributed by atoms with Crippen LogP contribution in [-0.2, 0) is 9.59 Å². The molecule has 1 fully saturated rings. The zero-order chi connectivity index (χ0) is 18.4. The van der Waals surface area contributed by atoms with Gasteiger partial charge in [-0.25, -0.2) is 0 Å². The van der Waals surface area contributed by atoms with Gasteiger partial charge in [0.15, 0.2) is 6.54 Å². The van der Waals surface area contributed by atoms with E-state index in [4.69, 9.17) is 9.47 Å². The minimum absolute atomic E-state index is 0.0373. The van der Waals surface area contributed by atoms with Gasteiger partial charge in [0.25, 0.3) is 5.91 Å². The Bertz CT molecular complexity index is 618. The van der Waals surface area contributed by atoms with E-state index in [1.54, 1.807) is 28.3 Å². The van der Waals surface area contributed by atoms with Crippen LogP contribution < -0.4 is 19.7 Å². The number of benzene rings is 1. The Morgan fingerprint density at radius 1 is 1.28 bits per heavy atom. The highest BCUT2D eigenvalue weighted by atomic mass is 16.5. The summed E-state index contributed by atoms with van der Waals surface area (Å²) in [6.07, 6.45) is 2.06. The molecule has 0 saturated carbocycles. The van der Waals surface area contributed by atoms with Gasteiger partial charge in [0.2, 0.25) is 5.91 Å². The van der Waals surface area contributed by atoms with Crippen LogP contribution in [0.1, 0.15) is 24.4 Å². The van der Waals surface area contributed by atoms with Gasteiger partial charge in [-0.05, 0) is 12.1 Å². The fourth-order valence-electron chi connectivity index (χ4n) is 3.21. The van der Waals surface area contributed by atoms with E-state index < -0.39 is 0 Å². The third-order valence-electron chi connectivity index (χ3n) is 4.62. The maximum atomic E-state index is 12.2. The second-order valence-electron chi connectivity index (χ2n) is 6.45. The molecule has 1 aromatic carbocycles. The third kappa shape index (κ3) is 4.85. The molecule has 2 amide bonds. The molecule has 2 rings (SSSR count). The molecule has 25 heavy (non-hydrogen) atoms. The van der Waals surface area contributed by atoms with Crippen molar-refractivity contribution in [3.05, 3.63) is 23.8 Å². The van der Waals surface area contributed by atoms with Crippen LogP contribution in [0.5, 0.6) is 11.5 Å². The molecule has 1 unspecified atom stereocenters. The van der Waals surface area contributed by atoms with E-state index in [0.717, 1.165) is 36.4 Å². The van der Waals surface area contributed by atoms with Gasteiger partial charge < -0.3 is 24.6 Å². The van der Waals surface area contributed by atoms with Crippen LogP contribution in [0.3, 0.4) is 0 Å². The molecule has 2 atom stereocenters. The first kappa shape index (κ1) is 19.1. The highest BCUT2D eigenvalue weighted by Gasteiger charge is 2.33. The molecular formula is C18H28N3O4+. The Kier molecular flexibility index (Phi) is 6.64. The zero-order valence-corrected chi connectivity index (χ0v) is 15.4. The van der Waals surface area contributed by atoms with Gasteiger partial charge in [-0.3, -0.25) is 9.59 Å². The van der Waals surface area contributed by atoms with E-state index in [0.29, 0.717) is 6.54 Å². The number of likely N-dealkylation sites (tertiary alicyclic amines) is 1. The third-order valence-corrected chi connectivity index (χ3v) is 4.62. The standard InChI is InChI=1S/C18H27N3O4/c1-20(2)18(23)11-19-17(22)12-21-9-5-6-15(21)14-8-7-13(24-3)10-16(14)25-4/h7-8,10,15H,5-6,9,11-12H2,1-4H3,(H,19,22)/p+1/t15-/m0/s1. The maximum absolute atomic E-state index is 12.2. The fourth-order valence-corrected chi connectivity index (χ4v) is 3.21. The number of carbonyl (C=O) groups is 2. The first-order valence-corrected chi connectivity index (χ1v) is 8.49. The Morgan fingerprint density at radius 2 is 2.04 bits per heavy atom. The number of hydrogen-bond donors (Lipinski definition) is 2. The normalized spacial score (nSPS) is 19.4. The second-order valence-corrected chi connectivity index (χ2v) is 6.45. The lowest BCUT2D eigenvalue weighted by molar-refractivity contribution is -0.910. The monoisotopic (exact) mass is 350 g/mol. The number of nitrogens with one attached hydrogen (secondary N) is 2. The quantitative estimate of drug-likeness (QED) is 0.704. The zero-order valence-electron chi connectivity index (χ0n) is 15.4. The van der Waals surface area contributed by atoms with E-state index >= 15 is 0 Å². The Hall–Kier alpha value is -2.28. The lowest BCUT2D eigenvalue weighted by Gasteiger charge is -2.23. The number of rotatable bonds is 7.